The SMILES string of the molecule is CCCCNC1CCC(C2(C(=O)O)CCC(C#N)CC2)CC1. The van der Waals surface area contributed by atoms with Crippen LogP contribution < -0.4 is 5.32 Å². The Hall–Kier alpha value is -1.08. The topological polar surface area (TPSA) is 73.1 Å². The van der Waals surface area contributed by atoms with Gasteiger partial charge < -0.3 is 10.4 Å². The van der Waals surface area contributed by atoms with Crippen LogP contribution in [0, 0.1) is 28.6 Å². The van der Waals surface area contributed by atoms with Crippen LogP contribution >= 0.6 is 0 Å². The molecule has 2 fully saturated rings. The highest BCUT2D eigenvalue weighted by atomic mass is 16.4. The Labute approximate surface area is 134 Å². The molecule has 0 aromatic carbocycles. The summed E-state index contributed by atoms with van der Waals surface area (Å²) in [5.41, 5.74) is -0.554. The second-order valence-electron chi connectivity index (χ2n) is 7.22. The predicted molar refractivity (Wildman–Crippen MR) is 86.3 cm³/mol. The van der Waals surface area contributed by atoms with E-state index < -0.39 is 11.4 Å². The van der Waals surface area contributed by atoms with Crippen molar-refractivity contribution in [2.24, 2.45) is 17.3 Å². The lowest BCUT2D eigenvalue weighted by Crippen LogP contribution is -2.45. The molecule has 2 N–H and O–H groups in total. The summed E-state index contributed by atoms with van der Waals surface area (Å²) in [6, 6.07) is 2.89. The molecule has 22 heavy (non-hydrogen) atoms. The number of nitrogens with zero attached hydrogens (tertiary/aromatic N) is 1. The molecule has 0 amide bonds. The zero-order chi connectivity index (χ0) is 16.0. The Balaban J connectivity index is 1.90. The molecule has 0 aromatic rings. The van der Waals surface area contributed by atoms with E-state index in [2.05, 4.69) is 18.3 Å². The maximum absolute atomic E-state index is 12.0. The van der Waals surface area contributed by atoms with Gasteiger partial charge in [-0.2, -0.15) is 5.26 Å². The summed E-state index contributed by atoms with van der Waals surface area (Å²) < 4.78 is 0. The number of aliphatic carboxylic acids is 1. The standard InChI is InChI=1S/C18H30N2O2/c1-2-3-12-20-16-6-4-15(5-7-16)18(17(21)22)10-8-14(13-19)9-11-18/h14-16,20H,2-12H2,1H3,(H,21,22). The third-order valence-corrected chi connectivity index (χ3v) is 5.96. The fourth-order valence-electron chi connectivity index (χ4n) is 4.39. The van der Waals surface area contributed by atoms with E-state index in [0.717, 1.165) is 45.1 Å². The number of carboxylic acids is 1. The van der Waals surface area contributed by atoms with Crippen LogP contribution in [0.25, 0.3) is 0 Å². The zero-order valence-corrected chi connectivity index (χ0v) is 13.8. The minimum absolute atomic E-state index is 0.0690. The number of hydrogen-bond donors (Lipinski definition) is 2. The lowest BCUT2D eigenvalue weighted by atomic mass is 9.60. The van der Waals surface area contributed by atoms with Crippen molar-refractivity contribution in [2.45, 2.75) is 77.2 Å². The number of carbonyl (C=O) groups is 1. The van der Waals surface area contributed by atoms with Gasteiger partial charge in [0, 0.05) is 12.0 Å². The van der Waals surface area contributed by atoms with Crippen molar-refractivity contribution in [3.63, 3.8) is 0 Å². The summed E-state index contributed by atoms with van der Waals surface area (Å²) in [5.74, 6) is -0.250. The second-order valence-corrected chi connectivity index (χ2v) is 7.22. The molecule has 2 saturated carbocycles. The molecule has 4 heteroatoms. The molecule has 0 spiro atoms. The molecule has 0 heterocycles. The summed E-state index contributed by atoms with van der Waals surface area (Å²) in [7, 11) is 0. The summed E-state index contributed by atoms with van der Waals surface area (Å²) >= 11 is 0. The van der Waals surface area contributed by atoms with Gasteiger partial charge in [0.05, 0.1) is 11.5 Å². The van der Waals surface area contributed by atoms with Crippen molar-refractivity contribution >= 4 is 5.97 Å². The van der Waals surface area contributed by atoms with E-state index >= 15 is 0 Å². The van der Waals surface area contributed by atoms with Gasteiger partial charge in [-0.15, -0.1) is 0 Å². The molecule has 0 radical (unpaired) electrons. The first-order chi connectivity index (χ1) is 10.6. The van der Waals surface area contributed by atoms with E-state index in [-0.39, 0.29) is 5.92 Å². The average molecular weight is 306 g/mol. The first kappa shape index (κ1) is 17.3. The van der Waals surface area contributed by atoms with Crippen molar-refractivity contribution in [1.29, 1.82) is 5.26 Å². The second kappa shape index (κ2) is 7.97. The van der Waals surface area contributed by atoms with Crippen LogP contribution in [0.3, 0.4) is 0 Å². The summed E-state index contributed by atoms with van der Waals surface area (Å²) in [6.45, 7) is 3.28. The summed E-state index contributed by atoms with van der Waals surface area (Å²) in [4.78, 5) is 12.0. The Morgan fingerprint density at radius 1 is 1.23 bits per heavy atom. The third kappa shape index (κ3) is 3.81. The molecular weight excluding hydrogens is 276 g/mol. The van der Waals surface area contributed by atoms with Gasteiger partial charge in [-0.25, -0.2) is 0 Å². The number of nitrogens with one attached hydrogen (secondary N) is 1. The van der Waals surface area contributed by atoms with Crippen LogP contribution in [0.1, 0.15) is 71.1 Å². The van der Waals surface area contributed by atoms with Crippen LogP contribution in [0.2, 0.25) is 0 Å². The molecule has 0 bridgehead atoms. The van der Waals surface area contributed by atoms with E-state index in [4.69, 9.17) is 5.26 Å². The first-order valence-corrected chi connectivity index (χ1v) is 8.98. The van der Waals surface area contributed by atoms with Crippen molar-refractivity contribution in [1.82, 2.24) is 5.32 Å². The summed E-state index contributed by atoms with van der Waals surface area (Å²) in [5, 5.41) is 22.5. The fourth-order valence-corrected chi connectivity index (χ4v) is 4.39. The van der Waals surface area contributed by atoms with Crippen molar-refractivity contribution < 1.29 is 9.90 Å². The van der Waals surface area contributed by atoms with E-state index in [1.807, 2.05) is 0 Å². The molecule has 0 atom stereocenters. The molecule has 2 rings (SSSR count). The molecule has 0 unspecified atom stereocenters. The molecular formula is C18H30N2O2. The Morgan fingerprint density at radius 3 is 2.36 bits per heavy atom. The van der Waals surface area contributed by atoms with Crippen LogP contribution in [-0.4, -0.2) is 23.7 Å². The van der Waals surface area contributed by atoms with E-state index in [1.165, 1.54) is 12.8 Å². The highest BCUT2D eigenvalue weighted by Crippen LogP contribution is 2.49. The van der Waals surface area contributed by atoms with Crippen LogP contribution in [0.4, 0.5) is 0 Å². The number of nitriles is 1. The minimum Gasteiger partial charge on any atom is -0.481 e. The van der Waals surface area contributed by atoms with Crippen molar-refractivity contribution in [2.75, 3.05) is 6.54 Å². The largest absolute Gasteiger partial charge is 0.481 e. The molecule has 4 nitrogen and oxygen atoms in total. The number of hydrogen-bond acceptors (Lipinski definition) is 3. The van der Waals surface area contributed by atoms with Crippen molar-refractivity contribution in [3.8, 4) is 6.07 Å². The number of carboxylic acid groups (broad SMARTS) is 1. The monoisotopic (exact) mass is 306 g/mol. The average Bonchev–Trinajstić information content (AvgIpc) is 2.55. The molecule has 0 aliphatic heterocycles. The van der Waals surface area contributed by atoms with Gasteiger partial charge in [0.25, 0.3) is 0 Å². The Morgan fingerprint density at radius 2 is 1.86 bits per heavy atom. The molecule has 2 aliphatic carbocycles. The van der Waals surface area contributed by atoms with Crippen molar-refractivity contribution in [3.05, 3.63) is 0 Å². The zero-order valence-electron chi connectivity index (χ0n) is 13.8. The Bertz CT molecular complexity index is 400. The normalized spacial score (nSPS) is 35.7. The van der Waals surface area contributed by atoms with E-state index in [1.54, 1.807) is 0 Å². The molecule has 124 valence electrons. The maximum Gasteiger partial charge on any atom is 0.309 e. The minimum atomic E-state index is -0.619. The van der Waals surface area contributed by atoms with Gasteiger partial charge in [0.1, 0.15) is 0 Å². The third-order valence-electron chi connectivity index (χ3n) is 5.96. The van der Waals surface area contributed by atoms with Gasteiger partial charge >= 0.3 is 5.97 Å². The van der Waals surface area contributed by atoms with E-state index in [0.29, 0.717) is 24.8 Å². The lowest BCUT2D eigenvalue weighted by molar-refractivity contribution is -0.157. The van der Waals surface area contributed by atoms with Gasteiger partial charge in [-0.3, -0.25) is 4.79 Å². The van der Waals surface area contributed by atoms with Crippen LogP contribution in [0.15, 0.2) is 0 Å². The molecule has 2 aliphatic rings. The Kier molecular flexibility index (Phi) is 6.26. The van der Waals surface area contributed by atoms with Gasteiger partial charge in [0.2, 0.25) is 0 Å². The number of unbranched alkanes of at least 4 members (excludes halogenated alkanes) is 1. The maximum atomic E-state index is 12.0. The van der Waals surface area contributed by atoms with Crippen LogP contribution in [-0.2, 0) is 4.79 Å². The lowest BCUT2D eigenvalue weighted by Gasteiger charge is -2.44. The molecule has 0 aromatic heterocycles. The van der Waals surface area contributed by atoms with Gasteiger partial charge in [-0.1, -0.05) is 13.3 Å². The highest BCUT2D eigenvalue weighted by Gasteiger charge is 2.48. The summed E-state index contributed by atoms with van der Waals surface area (Å²) in [6.07, 6.45) is 9.59. The molecule has 0 saturated heterocycles. The quantitative estimate of drug-likeness (QED) is 0.734. The van der Waals surface area contributed by atoms with Gasteiger partial charge in [0.15, 0.2) is 0 Å². The van der Waals surface area contributed by atoms with Gasteiger partial charge in [-0.05, 0) is 70.3 Å². The fraction of sp³-hybridized carbons (Fsp3) is 0.889. The highest BCUT2D eigenvalue weighted by molar-refractivity contribution is 5.75. The van der Waals surface area contributed by atoms with Crippen LogP contribution in [0.5, 0.6) is 0 Å². The van der Waals surface area contributed by atoms with E-state index in [9.17, 15) is 9.90 Å². The smallest absolute Gasteiger partial charge is 0.309 e. The predicted octanol–water partition coefficient (Wildman–Crippen LogP) is 3.72. The first-order valence-electron chi connectivity index (χ1n) is 8.98. The number of rotatable bonds is 6.